The van der Waals surface area contributed by atoms with Crippen molar-refractivity contribution in [3.8, 4) is 0 Å². The van der Waals surface area contributed by atoms with Crippen molar-refractivity contribution in [3.05, 3.63) is 58.1 Å². The van der Waals surface area contributed by atoms with Crippen molar-refractivity contribution in [3.63, 3.8) is 0 Å². The summed E-state index contributed by atoms with van der Waals surface area (Å²) < 4.78 is 0. The number of hydrogen-bond donors (Lipinski definition) is 2. The smallest absolute Gasteiger partial charge is 0.227 e. The summed E-state index contributed by atoms with van der Waals surface area (Å²) in [5.74, 6) is -0.421. The molecular formula is C22H24ClN3O2. The van der Waals surface area contributed by atoms with E-state index in [0.717, 1.165) is 24.9 Å². The summed E-state index contributed by atoms with van der Waals surface area (Å²) >= 11 is 6.20. The van der Waals surface area contributed by atoms with Gasteiger partial charge in [0.2, 0.25) is 5.91 Å². The zero-order valence-corrected chi connectivity index (χ0v) is 16.6. The van der Waals surface area contributed by atoms with Crippen LogP contribution in [-0.2, 0) is 10.2 Å². The second-order valence-corrected chi connectivity index (χ2v) is 8.36. The maximum Gasteiger partial charge on any atom is 0.227 e. The fourth-order valence-corrected chi connectivity index (χ4v) is 4.64. The van der Waals surface area contributed by atoms with Crippen molar-refractivity contribution in [1.29, 1.82) is 0 Å². The van der Waals surface area contributed by atoms with E-state index in [2.05, 4.69) is 28.4 Å². The van der Waals surface area contributed by atoms with Crippen LogP contribution < -0.4 is 16.0 Å². The molecule has 2 aliphatic rings. The largest absolute Gasteiger partial charge is 0.377 e. The number of carbonyl (C=O) groups excluding carboxylic acids is 2. The molecule has 146 valence electrons. The Hall–Kier alpha value is -2.53. The standard InChI is InChI=1S/C22H24ClN3O2/c1-22(21(24)28)12-19(25-20-15(13-27)9-16(23)11-18(20)22)14-5-4-6-17(10-14)26-7-2-3-8-26/h4-6,9-11,13,19,25H,2-3,7-8,12H2,1H3,(H2,24,28). The summed E-state index contributed by atoms with van der Waals surface area (Å²) in [4.78, 5) is 26.5. The molecule has 1 amide bonds. The second kappa shape index (κ2) is 7.13. The van der Waals surface area contributed by atoms with E-state index in [4.69, 9.17) is 17.3 Å². The number of halogens is 1. The topological polar surface area (TPSA) is 75.4 Å². The molecule has 0 radical (unpaired) electrons. The molecule has 4 rings (SSSR count). The highest BCUT2D eigenvalue weighted by Gasteiger charge is 2.43. The van der Waals surface area contributed by atoms with Crippen LogP contribution in [0.4, 0.5) is 11.4 Å². The zero-order valence-electron chi connectivity index (χ0n) is 15.9. The molecule has 0 saturated carbocycles. The van der Waals surface area contributed by atoms with Crippen LogP contribution in [0.5, 0.6) is 0 Å². The highest BCUT2D eigenvalue weighted by Crippen LogP contribution is 2.46. The van der Waals surface area contributed by atoms with Gasteiger partial charge in [0, 0.05) is 35.1 Å². The van der Waals surface area contributed by atoms with E-state index in [-0.39, 0.29) is 6.04 Å². The Bertz CT molecular complexity index is 939. The highest BCUT2D eigenvalue weighted by molar-refractivity contribution is 6.31. The number of anilines is 2. The fourth-order valence-electron chi connectivity index (χ4n) is 4.41. The molecule has 1 fully saturated rings. The Labute approximate surface area is 169 Å². The number of benzene rings is 2. The first-order valence-corrected chi connectivity index (χ1v) is 10.0. The van der Waals surface area contributed by atoms with Gasteiger partial charge in [0.05, 0.1) is 11.5 Å². The molecule has 3 N–H and O–H groups in total. The van der Waals surface area contributed by atoms with E-state index in [0.29, 0.717) is 28.3 Å². The zero-order chi connectivity index (χ0) is 19.9. The first-order chi connectivity index (χ1) is 13.4. The summed E-state index contributed by atoms with van der Waals surface area (Å²) in [6.07, 6.45) is 3.69. The summed E-state index contributed by atoms with van der Waals surface area (Å²) in [6.45, 7) is 3.96. The molecule has 0 bridgehead atoms. The van der Waals surface area contributed by atoms with Crippen molar-refractivity contribution in [2.75, 3.05) is 23.3 Å². The SMILES string of the molecule is CC1(C(N)=O)CC(c2cccc(N3CCCC3)c2)Nc2c(C=O)cc(Cl)cc21. The van der Waals surface area contributed by atoms with Gasteiger partial charge in [-0.15, -0.1) is 0 Å². The number of nitrogens with two attached hydrogens (primary N) is 1. The number of rotatable bonds is 4. The molecule has 2 aromatic carbocycles. The van der Waals surface area contributed by atoms with Crippen LogP contribution in [0.2, 0.25) is 5.02 Å². The molecular weight excluding hydrogens is 374 g/mol. The summed E-state index contributed by atoms with van der Waals surface area (Å²) in [6, 6.07) is 11.6. The van der Waals surface area contributed by atoms with Gasteiger partial charge in [-0.2, -0.15) is 0 Å². The number of primary amides is 1. The van der Waals surface area contributed by atoms with Gasteiger partial charge in [-0.1, -0.05) is 23.7 Å². The van der Waals surface area contributed by atoms with E-state index in [1.165, 1.54) is 18.5 Å². The first-order valence-electron chi connectivity index (χ1n) is 9.63. The molecule has 2 aliphatic heterocycles. The van der Waals surface area contributed by atoms with Crippen LogP contribution in [0.25, 0.3) is 0 Å². The van der Waals surface area contributed by atoms with Gasteiger partial charge < -0.3 is 16.0 Å². The van der Waals surface area contributed by atoms with Gasteiger partial charge in [0.1, 0.15) is 0 Å². The fraction of sp³-hybridized carbons (Fsp3) is 0.364. The van der Waals surface area contributed by atoms with Crippen molar-refractivity contribution in [2.24, 2.45) is 5.73 Å². The molecule has 0 aromatic heterocycles. The maximum absolute atomic E-state index is 12.5. The first kappa shape index (κ1) is 18.8. The Kier molecular flexibility index (Phi) is 4.79. The minimum atomic E-state index is -0.919. The number of fused-ring (bicyclic) bond motifs is 1. The van der Waals surface area contributed by atoms with E-state index < -0.39 is 11.3 Å². The number of nitrogens with one attached hydrogen (secondary N) is 1. The quantitative estimate of drug-likeness (QED) is 0.763. The minimum absolute atomic E-state index is 0.132. The molecule has 1 saturated heterocycles. The Morgan fingerprint density at radius 1 is 1.29 bits per heavy atom. The van der Waals surface area contributed by atoms with Crippen LogP contribution in [0, 0.1) is 0 Å². The van der Waals surface area contributed by atoms with E-state index in [1.54, 1.807) is 12.1 Å². The molecule has 6 heteroatoms. The van der Waals surface area contributed by atoms with Gasteiger partial charge in [-0.25, -0.2) is 0 Å². The molecule has 0 aliphatic carbocycles. The van der Waals surface area contributed by atoms with Crippen LogP contribution in [-0.4, -0.2) is 25.3 Å². The molecule has 0 spiro atoms. The monoisotopic (exact) mass is 397 g/mol. The van der Waals surface area contributed by atoms with Crippen molar-refractivity contribution >= 4 is 35.2 Å². The van der Waals surface area contributed by atoms with Gasteiger partial charge in [-0.05, 0) is 61.6 Å². The van der Waals surface area contributed by atoms with E-state index >= 15 is 0 Å². The van der Waals surface area contributed by atoms with Crippen molar-refractivity contribution in [1.82, 2.24) is 0 Å². The number of amides is 1. The molecule has 2 heterocycles. The number of aldehydes is 1. The average molecular weight is 398 g/mol. The second-order valence-electron chi connectivity index (χ2n) is 7.92. The molecule has 28 heavy (non-hydrogen) atoms. The predicted octanol–water partition coefficient (Wildman–Crippen LogP) is 4.05. The highest BCUT2D eigenvalue weighted by atomic mass is 35.5. The summed E-state index contributed by atoms with van der Waals surface area (Å²) in [7, 11) is 0. The lowest BCUT2D eigenvalue weighted by molar-refractivity contribution is -0.123. The Balaban J connectivity index is 1.78. The number of hydrogen-bond acceptors (Lipinski definition) is 4. The van der Waals surface area contributed by atoms with E-state index in [1.807, 2.05) is 13.0 Å². The van der Waals surface area contributed by atoms with Crippen LogP contribution in [0.15, 0.2) is 36.4 Å². The molecule has 2 unspecified atom stereocenters. The number of nitrogens with zero attached hydrogens (tertiary/aromatic N) is 1. The third-order valence-electron chi connectivity index (χ3n) is 6.07. The lowest BCUT2D eigenvalue weighted by atomic mass is 9.71. The van der Waals surface area contributed by atoms with Gasteiger partial charge >= 0.3 is 0 Å². The third kappa shape index (κ3) is 3.14. The maximum atomic E-state index is 12.5. The molecule has 2 atom stereocenters. The van der Waals surface area contributed by atoms with Gasteiger partial charge in [0.15, 0.2) is 6.29 Å². The Morgan fingerprint density at radius 3 is 2.71 bits per heavy atom. The van der Waals surface area contributed by atoms with E-state index in [9.17, 15) is 9.59 Å². The lowest BCUT2D eigenvalue weighted by Gasteiger charge is -2.40. The normalized spacial score (nSPS) is 23.8. The predicted molar refractivity (Wildman–Crippen MR) is 112 cm³/mol. The van der Waals surface area contributed by atoms with Crippen molar-refractivity contribution < 1.29 is 9.59 Å². The third-order valence-corrected chi connectivity index (χ3v) is 6.29. The molecule has 2 aromatic rings. The average Bonchev–Trinajstić information content (AvgIpc) is 3.22. The van der Waals surface area contributed by atoms with Crippen LogP contribution in [0.3, 0.4) is 0 Å². The minimum Gasteiger partial charge on any atom is -0.377 e. The molecule has 5 nitrogen and oxygen atoms in total. The summed E-state index contributed by atoms with van der Waals surface area (Å²) in [5, 5.41) is 3.89. The Morgan fingerprint density at radius 2 is 2.04 bits per heavy atom. The summed E-state index contributed by atoms with van der Waals surface area (Å²) in [5.41, 5.74) is 8.93. The van der Waals surface area contributed by atoms with Crippen LogP contribution in [0.1, 0.15) is 53.7 Å². The number of carbonyl (C=O) groups is 2. The van der Waals surface area contributed by atoms with Crippen molar-refractivity contribution in [2.45, 2.75) is 37.6 Å². The van der Waals surface area contributed by atoms with Gasteiger partial charge in [0.25, 0.3) is 0 Å². The lowest BCUT2D eigenvalue weighted by Crippen LogP contribution is -2.44. The van der Waals surface area contributed by atoms with Gasteiger partial charge in [-0.3, -0.25) is 9.59 Å². The van der Waals surface area contributed by atoms with Crippen LogP contribution >= 0.6 is 11.6 Å².